The fourth-order valence-electron chi connectivity index (χ4n) is 2.26. The maximum atomic E-state index is 13.9. The highest BCUT2D eigenvalue weighted by atomic mass is 19.1. The average Bonchev–Trinajstić information content (AvgIpc) is 2.85. The minimum atomic E-state index is -0.472. The van der Waals surface area contributed by atoms with Gasteiger partial charge in [-0.25, -0.2) is 9.18 Å². The summed E-state index contributed by atoms with van der Waals surface area (Å²) in [5, 5.41) is 4.31. The predicted molar refractivity (Wildman–Crippen MR) is 78.9 cm³/mol. The van der Waals surface area contributed by atoms with Crippen molar-refractivity contribution in [2.45, 2.75) is 13.5 Å². The second-order valence-corrected chi connectivity index (χ2v) is 4.58. The van der Waals surface area contributed by atoms with E-state index in [2.05, 4.69) is 5.10 Å². The van der Waals surface area contributed by atoms with Crippen molar-refractivity contribution < 1.29 is 4.39 Å². The molecule has 0 unspecified atom stereocenters. The van der Waals surface area contributed by atoms with Crippen LogP contribution in [0.1, 0.15) is 6.92 Å². The van der Waals surface area contributed by atoms with Crippen molar-refractivity contribution in [3.05, 3.63) is 70.9 Å². The second kappa shape index (κ2) is 5.36. The Morgan fingerprint density at radius 2 is 1.71 bits per heavy atom. The minimum Gasteiger partial charge on any atom is -0.275 e. The lowest BCUT2D eigenvalue weighted by Gasteiger charge is -2.00. The van der Waals surface area contributed by atoms with Crippen molar-refractivity contribution in [3.63, 3.8) is 0 Å². The minimum absolute atomic E-state index is 0.159. The number of aromatic nitrogens is 3. The van der Waals surface area contributed by atoms with Gasteiger partial charge in [-0.1, -0.05) is 42.5 Å². The van der Waals surface area contributed by atoms with Gasteiger partial charge in [0.15, 0.2) is 5.82 Å². The Bertz CT molecular complexity index is 821. The van der Waals surface area contributed by atoms with E-state index in [4.69, 9.17) is 0 Å². The van der Waals surface area contributed by atoms with Gasteiger partial charge in [-0.15, -0.1) is 5.10 Å². The molecular formula is C16H14FN3O. The first-order chi connectivity index (χ1) is 10.2. The topological polar surface area (TPSA) is 39.8 Å². The van der Waals surface area contributed by atoms with E-state index in [1.807, 2.05) is 37.3 Å². The number of halogens is 1. The number of hydrogen-bond acceptors (Lipinski definition) is 2. The molecule has 0 spiro atoms. The van der Waals surface area contributed by atoms with Crippen molar-refractivity contribution in [2.75, 3.05) is 0 Å². The smallest absolute Gasteiger partial charge is 0.275 e. The predicted octanol–water partition coefficient (Wildman–Crippen LogP) is 2.86. The molecule has 106 valence electrons. The zero-order chi connectivity index (χ0) is 14.8. The van der Waals surface area contributed by atoms with Gasteiger partial charge in [-0.05, 0) is 19.1 Å². The molecule has 0 saturated heterocycles. The summed E-state index contributed by atoms with van der Waals surface area (Å²) >= 11 is 0. The van der Waals surface area contributed by atoms with E-state index < -0.39 is 5.82 Å². The molecule has 0 N–H and O–H groups in total. The summed E-state index contributed by atoms with van der Waals surface area (Å²) in [6, 6.07) is 15.5. The maximum absolute atomic E-state index is 13.9. The first kappa shape index (κ1) is 13.3. The highest BCUT2D eigenvalue weighted by Gasteiger charge is 2.16. The highest BCUT2D eigenvalue weighted by molar-refractivity contribution is 5.55. The second-order valence-electron chi connectivity index (χ2n) is 4.58. The molecule has 0 amide bonds. The largest absolute Gasteiger partial charge is 0.351 e. The third-order valence-corrected chi connectivity index (χ3v) is 3.29. The molecule has 21 heavy (non-hydrogen) atoms. The Morgan fingerprint density at radius 3 is 2.38 bits per heavy atom. The van der Waals surface area contributed by atoms with Crippen LogP contribution in [0.25, 0.3) is 17.1 Å². The zero-order valence-electron chi connectivity index (χ0n) is 11.5. The van der Waals surface area contributed by atoms with E-state index >= 15 is 0 Å². The van der Waals surface area contributed by atoms with Crippen molar-refractivity contribution >= 4 is 0 Å². The molecule has 3 aromatic rings. The van der Waals surface area contributed by atoms with Gasteiger partial charge in [-0.2, -0.15) is 4.68 Å². The van der Waals surface area contributed by atoms with Crippen LogP contribution in [-0.2, 0) is 6.54 Å². The number of benzene rings is 2. The molecule has 2 aromatic carbocycles. The SMILES string of the molecule is CCn1c(-c2ccccc2)nn(-c2ccccc2F)c1=O. The van der Waals surface area contributed by atoms with Crippen molar-refractivity contribution in [3.8, 4) is 17.1 Å². The average molecular weight is 283 g/mol. The third kappa shape index (κ3) is 2.27. The fraction of sp³-hybridized carbons (Fsp3) is 0.125. The Morgan fingerprint density at radius 1 is 1.05 bits per heavy atom. The molecule has 0 radical (unpaired) electrons. The third-order valence-electron chi connectivity index (χ3n) is 3.29. The number of nitrogens with zero attached hydrogens (tertiary/aromatic N) is 3. The molecule has 1 aromatic heterocycles. The molecule has 4 nitrogen and oxygen atoms in total. The van der Waals surface area contributed by atoms with Gasteiger partial charge in [-0.3, -0.25) is 4.57 Å². The molecule has 1 heterocycles. The molecule has 0 aliphatic carbocycles. The van der Waals surface area contributed by atoms with Crippen LogP contribution >= 0.6 is 0 Å². The van der Waals surface area contributed by atoms with Crippen molar-refractivity contribution in [1.29, 1.82) is 0 Å². The monoisotopic (exact) mass is 283 g/mol. The Balaban J connectivity index is 2.24. The number of para-hydroxylation sites is 1. The van der Waals surface area contributed by atoms with E-state index in [9.17, 15) is 9.18 Å². The maximum Gasteiger partial charge on any atom is 0.351 e. The molecule has 0 aliphatic heterocycles. The summed E-state index contributed by atoms with van der Waals surface area (Å²) in [6.45, 7) is 2.33. The van der Waals surface area contributed by atoms with Gasteiger partial charge in [0.1, 0.15) is 11.5 Å². The molecule has 0 fully saturated rings. The van der Waals surface area contributed by atoms with Gasteiger partial charge in [0, 0.05) is 12.1 Å². The van der Waals surface area contributed by atoms with Crippen LogP contribution in [0.15, 0.2) is 59.4 Å². The lowest BCUT2D eigenvalue weighted by molar-refractivity contribution is 0.605. The van der Waals surface area contributed by atoms with Crippen LogP contribution in [0, 0.1) is 5.82 Å². The molecule has 0 saturated carbocycles. The summed E-state index contributed by atoms with van der Waals surface area (Å²) in [5.74, 6) is 0.0614. The molecule has 0 atom stereocenters. The molecule has 3 rings (SSSR count). The normalized spacial score (nSPS) is 10.8. The Hall–Kier alpha value is -2.69. The lowest BCUT2D eigenvalue weighted by atomic mass is 10.2. The van der Waals surface area contributed by atoms with Gasteiger partial charge in [0.05, 0.1) is 0 Å². The Kier molecular flexibility index (Phi) is 3.39. The van der Waals surface area contributed by atoms with E-state index in [-0.39, 0.29) is 11.4 Å². The van der Waals surface area contributed by atoms with Crippen molar-refractivity contribution in [2.24, 2.45) is 0 Å². The quantitative estimate of drug-likeness (QED) is 0.741. The van der Waals surface area contributed by atoms with E-state index in [1.54, 1.807) is 18.2 Å². The van der Waals surface area contributed by atoms with E-state index in [1.165, 1.54) is 10.6 Å². The fourth-order valence-corrected chi connectivity index (χ4v) is 2.26. The number of rotatable bonds is 3. The van der Waals surface area contributed by atoms with Crippen LogP contribution in [0.2, 0.25) is 0 Å². The highest BCUT2D eigenvalue weighted by Crippen LogP contribution is 2.17. The van der Waals surface area contributed by atoms with Gasteiger partial charge < -0.3 is 0 Å². The van der Waals surface area contributed by atoms with E-state index in [0.717, 1.165) is 10.2 Å². The van der Waals surface area contributed by atoms with Crippen LogP contribution in [0.3, 0.4) is 0 Å². The molecule has 0 bridgehead atoms. The first-order valence-electron chi connectivity index (χ1n) is 6.72. The lowest BCUT2D eigenvalue weighted by Crippen LogP contribution is -2.24. The standard InChI is InChI=1S/C16H14FN3O/c1-2-19-15(12-8-4-3-5-9-12)18-20(16(19)21)14-11-7-6-10-13(14)17/h3-11H,2H2,1H3. The molecular weight excluding hydrogens is 269 g/mol. The summed E-state index contributed by atoms with van der Waals surface area (Å²) < 4.78 is 16.5. The van der Waals surface area contributed by atoms with Gasteiger partial charge >= 0.3 is 5.69 Å². The van der Waals surface area contributed by atoms with Crippen LogP contribution in [0.5, 0.6) is 0 Å². The van der Waals surface area contributed by atoms with Crippen LogP contribution in [-0.4, -0.2) is 14.3 Å². The summed E-state index contributed by atoms with van der Waals surface area (Å²) in [4.78, 5) is 12.4. The van der Waals surface area contributed by atoms with Gasteiger partial charge in [0.2, 0.25) is 0 Å². The van der Waals surface area contributed by atoms with Gasteiger partial charge in [0.25, 0.3) is 0 Å². The van der Waals surface area contributed by atoms with Crippen LogP contribution in [0.4, 0.5) is 4.39 Å². The van der Waals surface area contributed by atoms with E-state index in [0.29, 0.717) is 12.4 Å². The summed E-state index contributed by atoms with van der Waals surface area (Å²) in [6.07, 6.45) is 0. The van der Waals surface area contributed by atoms with Crippen molar-refractivity contribution in [1.82, 2.24) is 14.3 Å². The first-order valence-corrected chi connectivity index (χ1v) is 6.72. The molecule has 0 aliphatic rings. The van der Waals surface area contributed by atoms with Crippen LogP contribution < -0.4 is 5.69 Å². The zero-order valence-corrected chi connectivity index (χ0v) is 11.5. The summed E-state index contributed by atoms with van der Waals surface area (Å²) in [5.41, 5.74) is 0.639. The Labute approximate surface area is 121 Å². The number of hydrogen-bond donors (Lipinski definition) is 0. The summed E-state index contributed by atoms with van der Waals surface area (Å²) in [7, 11) is 0. The molecule has 5 heteroatoms.